The Morgan fingerprint density at radius 2 is 2.29 bits per heavy atom. The van der Waals surface area contributed by atoms with Crippen molar-refractivity contribution in [2.75, 3.05) is 5.32 Å². The van der Waals surface area contributed by atoms with Gasteiger partial charge in [-0.15, -0.1) is 10.2 Å². The number of nitrogens with zero attached hydrogens (tertiary/aromatic N) is 5. The second-order valence-electron chi connectivity index (χ2n) is 4.89. The number of allylic oxidation sites excluding steroid dienone is 1. The van der Waals surface area contributed by atoms with Crippen LogP contribution in [-0.4, -0.2) is 26.1 Å². The molecule has 0 bridgehead atoms. The first-order chi connectivity index (χ1) is 10.1. The molecule has 0 amide bonds. The zero-order valence-electron chi connectivity index (χ0n) is 12.6. The Hall–Kier alpha value is -2.50. The summed E-state index contributed by atoms with van der Waals surface area (Å²) in [5, 5.41) is 11.1. The molecule has 6 nitrogen and oxygen atoms in total. The van der Waals surface area contributed by atoms with Gasteiger partial charge in [-0.2, -0.15) is 0 Å². The molecule has 2 aromatic rings. The smallest absolute Gasteiger partial charge is 0.182 e. The van der Waals surface area contributed by atoms with E-state index in [0.29, 0.717) is 5.82 Å². The molecule has 1 N–H and O–H groups in total. The zero-order valence-corrected chi connectivity index (χ0v) is 12.6. The maximum Gasteiger partial charge on any atom is 0.182 e. The van der Waals surface area contributed by atoms with Crippen LogP contribution in [0.4, 0.5) is 5.82 Å². The third-order valence-electron chi connectivity index (χ3n) is 2.98. The highest BCUT2D eigenvalue weighted by Crippen LogP contribution is 2.19. The predicted octanol–water partition coefficient (Wildman–Crippen LogP) is 3.28. The largest absolute Gasteiger partial charge is 0.331 e. The Morgan fingerprint density at radius 3 is 3.00 bits per heavy atom. The zero-order chi connectivity index (χ0) is 15.2. The van der Waals surface area contributed by atoms with Crippen LogP contribution >= 0.6 is 0 Å². The highest BCUT2D eigenvalue weighted by atomic mass is 15.3. The number of hydrogen-bond donors (Lipinski definition) is 1. The van der Waals surface area contributed by atoms with Gasteiger partial charge >= 0.3 is 0 Å². The fraction of sp³-hybridized carbons (Fsp3) is 0.333. The van der Waals surface area contributed by atoms with Gasteiger partial charge in [0.2, 0.25) is 0 Å². The van der Waals surface area contributed by atoms with Crippen molar-refractivity contribution in [1.29, 1.82) is 0 Å². The summed E-state index contributed by atoms with van der Waals surface area (Å²) in [5.41, 5.74) is 1.59. The Morgan fingerprint density at radius 1 is 1.48 bits per heavy atom. The highest BCUT2D eigenvalue weighted by Gasteiger charge is 2.11. The van der Waals surface area contributed by atoms with E-state index in [9.17, 15) is 0 Å². The van der Waals surface area contributed by atoms with E-state index < -0.39 is 0 Å². The SMILES string of the molecule is C=C(CC)/N=C\Nc1cccc(-c2nncn2C(C)C)n1. The quantitative estimate of drug-likeness (QED) is 0.653. The van der Waals surface area contributed by atoms with Crippen molar-refractivity contribution in [1.82, 2.24) is 19.7 Å². The van der Waals surface area contributed by atoms with Crippen LogP contribution < -0.4 is 5.32 Å². The van der Waals surface area contributed by atoms with Gasteiger partial charge in [-0.05, 0) is 32.4 Å². The molecule has 0 aliphatic rings. The van der Waals surface area contributed by atoms with E-state index in [4.69, 9.17) is 0 Å². The summed E-state index contributed by atoms with van der Waals surface area (Å²) in [6.07, 6.45) is 4.14. The van der Waals surface area contributed by atoms with Crippen LogP contribution in [0.15, 0.2) is 41.8 Å². The molecule has 0 spiro atoms. The minimum absolute atomic E-state index is 0.280. The van der Waals surface area contributed by atoms with Gasteiger partial charge in [0, 0.05) is 11.7 Å². The van der Waals surface area contributed by atoms with Crippen molar-refractivity contribution in [2.45, 2.75) is 33.2 Å². The first-order valence-corrected chi connectivity index (χ1v) is 6.95. The van der Waals surface area contributed by atoms with Crippen molar-refractivity contribution in [3.63, 3.8) is 0 Å². The van der Waals surface area contributed by atoms with Crippen LogP contribution in [0, 0.1) is 0 Å². The number of anilines is 1. The first-order valence-electron chi connectivity index (χ1n) is 6.95. The molecule has 6 heteroatoms. The number of rotatable bonds is 6. The average Bonchev–Trinajstić information content (AvgIpc) is 2.97. The lowest BCUT2D eigenvalue weighted by molar-refractivity contribution is 0.603. The number of aromatic nitrogens is 4. The lowest BCUT2D eigenvalue weighted by Crippen LogP contribution is -2.04. The summed E-state index contributed by atoms with van der Waals surface area (Å²) in [5.74, 6) is 1.46. The molecule has 0 saturated heterocycles. The summed E-state index contributed by atoms with van der Waals surface area (Å²) in [4.78, 5) is 8.70. The van der Waals surface area contributed by atoms with E-state index in [0.717, 1.165) is 23.6 Å². The minimum Gasteiger partial charge on any atom is -0.331 e. The second-order valence-corrected chi connectivity index (χ2v) is 4.89. The molecule has 0 aliphatic carbocycles. The fourth-order valence-electron chi connectivity index (χ4n) is 1.72. The van der Waals surface area contributed by atoms with Crippen molar-refractivity contribution >= 4 is 12.2 Å². The minimum atomic E-state index is 0.280. The summed E-state index contributed by atoms with van der Waals surface area (Å²) >= 11 is 0. The van der Waals surface area contributed by atoms with E-state index in [-0.39, 0.29) is 6.04 Å². The maximum atomic E-state index is 4.53. The summed E-state index contributed by atoms with van der Waals surface area (Å²) in [6, 6.07) is 5.99. The number of hydrogen-bond acceptors (Lipinski definition) is 4. The van der Waals surface area contributed by atoms with E-state index in [2.05, 4.69) is 45.9 Å². The van der Waals surface area contributed by atoms with Crippen LogP contribution in [0.5, 0.6) is 0 Å². The Labute approximate surface area is 124 Å². The van der Waals surface area contributed by atoms with Crippen molar-refractivity contribution in [3.05, 3.63) is 36.8 Å². The topological polar surface area (TPSA) is 68.0 Å². The molecule has 0 atom stereocenters. The van der Waals surface area contributed by atoms with Gasteiger partial charge < -0.3 is 9.88 Å². The standard InChI is InChI=1S/C15H20N6/c1-5-12(4)16-9-17-14-8-6-7-13(19-14)15-20-18-10-21(15)11(2)3/h6-11H,4-5H2,1-3H3,(H,16,17,19). The molecule has 2 aromatic heterocycles. The Kier molecular flexibility index (Phi) is 4.81. The molecule has 110 valence electrons. The summed E-state index contributed by atoms with van der Waals surface area (Å²) in [7, 11) is 0. The summed E-state index contributed by atoms with van der Waals surface area (Å²) < 4.78 is 1.99. The van der Waals surface area contributed by atoms with Crippen molar-refractivity contribution in [2.24, 2.45) is 4.99 Å². The van der Waals surface area contributed by atoms with Crippen molar-refractivity contribution < 1.29 is 0 Å². The lowest BCUT2D eigenvalue weighted by Gasteiger charge is -2.10. The molecular formula is C15H20N6. The maximum absolute atomic E-state index is 4.53. The third-order valence-corrected chi connectivity index (χ3v) is 2.98. The van der Waals surface area contributed by atoms with Gasteiger partial charge in [0.15, 0.2) is 5.82 Å². The monoisotopic (exact) mass is 284 g/mol. The lowest BCUT2D eigenvalue weighted by atomic mass is 10.3. The highest BCUT2D eigenvalue weighted by molar-refractivity contribution is 5.75. The van der Waals surface area contributed by atoms with Crippen LogP contribution in [0.2, 0.25) is 0 Å². The molecule has 0 fully saturated rings. The molecule has 2 rings (SSSR count). The normalized spacial score (nSPS) is 11.2. The average molecular weight is 284 g/mol. The third kappa shape index (κ3) is 3.75. The van der Waals surface area contributed by atoms with Gasteiger partial charge in [0.05, 0.1) is 6.34 Å². The second kappa shape index (κ2) is 6.78. The van der Waals surface area contributed by atoms with E-state index in [1.807, 2.05) is 29.7 Å². The predicted molar refractivity (Wildman–Crippen MR) is 85.2 cm³/mol. The van der Waals surface area contributed by atoms with E-state index in [1.54, 1.807) is 12.7 Å². The number of aliphatic imine (C=N–C) groups is 1. The molecular weight excluding hydrogens is 264 g/mol. The molecule has 0 unspecified atom stereocenters. The molecule has 0 aliphatic heterocycles. The van der Waals surface area contributed by atoms with Gasteiger partial charge in [0.1, 0.15) is 17.8 Å². The molecule has 0 saturated carbocycles. The van der Waals surface area contributed by atoms with Crippen molar-refractivity contribution in [3.8, 4) is 11.5 Å². The van der Waals surface area contributed by atoms with Crippen LogP contribution in [0.1, 0.15) is 33.2 Å². The molecule has 0 aromatic carbocycles. The molecule has 21 heavy (non-hydrogen) atoms. The van der Waals surface area contributed by atoms with Gasteiger partial charge in [-0.25, -0.2) is 9.98 Å². The molecule has 0 radical (unpaired) electrons. The number of nitrogens with one attached hydrogen (secondary N) is 1. The fourth-order valence-corrected chi connectivity index (χ4v) is 1.72. The van der Waals surface area contributed by atoms with Gasteiger partial charge in [0.25, 0.3) is 0 Å². The van der Waals surface area contributed by atoms with Crippen LogP contribution in [0.25, 0.3) is 11.5 Å². The Bertz CT molecular complexity index is 641. The Balaban J connectivity index is 2.20. The van der Waals surface area contributed by atoms with Crippen LogP contribution in [0.3, 0.4) is 0 Å². The van der Waals surface area contributed by atoms with E-state index >= 15 is 0 Å². The first kappa shape index (κ1) is 14.9. The molecule has 2 heterocycles. The number of pyridine rings is 1. The summed E-state index contributed by atoms with van der Waals surface area (Å²) in [6.45, 7) is 9.99. The van der Waals surface area contributed by atoms with E-state index in [1.165, 1.54) is 0 Å². The van der Waals surface area contributed by atoms with Gasteiger partial charge in [-0.1, -0.05) is 19.6 Å². The van der Waals surface area contributed by atoms with Crippen LogP contribution in [-0.2, 0) is 0 Å². The van der Waals surface area contributed by atoms with Gasteiger partial charge in [-0.3, -0.25) is 0 Å².